The number of anilines is 1. The second-order valence-electron chi connectivity index (χ2n) is 9.03. The van der Waals surface area contributed by atoms with E-state index in [0.29, 0.717) is 23.4 Å². The van der Waals surface area contributed by atoms with E-state index in [1.165, 1.54) is 6.26 Å². The fourth-order valence-corrected chi connectivity index (χ4v) is 5.34. The topological polar surface area (TPSA) is 85.3 Å². The minimum absolute atomic E-state index is 0.0989. The van der Waals surface area contributed by atoms with Crippen LogP contribution in [0.5, 0.6) is 5.75 Å². The molecule has 1 aliphatic heterocycles. The maximum Gasteiger partial charge on any atom is 0.225 e. The first kappa shape index (κ1) is 21.8. The van der Waals surface area contributed by atoms with Gasteiger partial charge < -0.3 is 9.64 Å². The highest BCUT2D eigenvalue weighted by molar-refractivity contribution is 7.90. The lowest BCUT2D eigenvalue weighted by Crippen LogP contribution is -2.27. The third-order valence-electron chi connectivity index (χ3n) is 6.80. The lowest BCUT2D eigenvalue weighted by atomic mass is 10.0. The molecule has 2 atom stereocenters. The third-order valence-corrected chi connectivity index (χ3v) is 7.79. The van der Waals surface area contributed by atoms with Gasteiger partial charge in [-0.25, -0.2) is 23.4 Å². The van der Waals surface area contributed by atoms with Crippen molar-refractivity contribution in [3.8, 4) is 16.9 Å². The van der Waals surface area contributed by atoms with Gasteiger partial charge in [0.05, 0.1) is 6.61 Å². The predicted molar refractivity (Wildman–Crippen MR) is 127 cm³/mol. The Labute approximate surface area is 194 Å². The van der Waals surface area contributed by atoms with Gasteiger partial charge in [-0.2, -0.15) is 0 Å². The molecule has 2 unspecified atom stereocenters. The number of rotatable bonds is 7. The molecule has 0 amide bonds. The maximum atomic E-state index is 11.7. The molecule has 5 rings (SSSR count). The highest BCUT2D eigenvalue weighted by Gasteiger charge is 2.56. The molecule has 3 heterocycles. The molecule has 8 heteroatoms. The smallest absolute Gasteiger partial charge is 0.225 e. The second-order valence-corrected chi connectivity index (χ2v) is 11.0. The van der Waals surface area contributed by atoms with E-state index in [0.717, 1.165) is 54.5 Å². The van der Waals surface area contributed by atoms with Crippen molar-refractivity contribution in [2.45, 2.75) is 25.3 Å². The first-order valence-electron chi connectivity index (χ1n) is 11.3. The Morgan fingerprint density at radius 2 is 1.70 bits per heavy atom. The van der Waals surface area contributed by atoms with Crippen LogP contribution in [0.1, 0.15) is 18.2 Å². The van der Waals surface area contributed by atoms with Gasteiger partial charge >= 0.3 is 0 Å². The molecule has 2 fully saturated rings. The van der Waals surface area contributed by atoms with Crippen molar-refractivity contribution in [3.63, 3.8) is 0 Å². The summed E-state index contributed by atoms with van der Waals surface area (Å²) in [5, 5.41) is 0.0989. The summed E-state index contributed by atoms with van der Waals surface area (Å²) in [7, 11) is -3.31. The van der Waals surface area contributed by atoms with Crippen LogP contribution in [-0.2, 0) is 16.3 Å². The minimum Gasteiger partial charge on any atom is -0.493 e. The molecule has 1 aromatic carbocycles. The molecule has 2 aliphatic rings. The van der Waals surface area contributed by atoms with E-state index >= 15 is 0 Å². The first-order valence-corrected chi connectivity index (χ1v) is 13.2. The van der Waals surface area contributed by atoms with E-state index in [4.69, 9.17) is 4.74 Å². The number of fused-ring (bicyclic) bond motifs is 1. The Hall–Kier alpha value is -3.00. The molecular weight excluding hydrogens is 436 g/mol. The standard InChI is InChI=1S/C25H28N4O3S/c1-4-17-11-26-25(27-12-17)29-13-21-22(14-29)23(21)15-32-19-7-5-18(6-8-19)20-9-10-24(28-16(20)2)33(3,30)31/h5-12,21-23H,4,13-15H2,1-3H3. The number of aryl methyl sites for hydroxylation is 2. The average molecular weight is 465 g/mol. The Bertz CT molecular complexity index is 1250. The molecular formula is C25H28N4O3S. The number of piperidine rings is 1. The predicted octanol–water partition coefficient (Wildman–Crippen LogP) is 3.57. The van der Waals surface area contributed by atoms with E-state index < -0.39 is 9.84 Å². The highest BCUT2D eigenvalue weighted by Crippen LogP contribution is 2.52. The summed E-state index contributed by atoms with van der Waals surface area (Å²) in [6.07, 6.45) is 5.98. The van der Waals surface area contributed by atoms with Crippen LogP contribution in [0.2, 0.25) is 0 Å². The van der Waals surface area contributed by atoms with Crippen LogP contribution in [0.25, 0.3) is 11.1 Å². The van der Waals surface area contributed by atoms with Gasteiger partial charge in [-0.3, -0.25) is 0 Å². The van der Waals surface area contributed by atoms with Crippen molar-refractivity contribution in [3.05, 3.63) is 60.0 Å². The number of hydrogen-bond donors (Lipinski definition) is 0. The van der Waals surface area contributed by atoms with Crippen LogP contribution < -0.4 is 9.64 Å². The zero-order valence-electron chi connectivity index (χ0n) is 19.1. The monoisotopic (exact) mass is 464 g/mol. The van der Waals surface area contributed by atoms with Gasteiger partial charge in [-0.1, -0.05) is 19.1 Å². The Balaban J connectivity index is 1.15. The van der Waals surface area contributed by atoms with Gasteiger partial charge in [-0.15, -0.1) is 0 Å². The molecule has 2 aromatic heterocycles. The molecule has 1 aliphatic carbocycles. The SMILES string of the molecule is CCc1cnc(N2CC3C(COc4ccc(-c5ccc(S(C)(=O)=O)nc5C)cc4)C3C2)nc1. The van der Waals surface area contributed by atoms with Crippen LogP contribution in [0.3, 0.4) is 0 Å². The van der Waals surface area contributed by atoms with Crippen LogP contribution in [0.15, 0.2) is 53.8 Å². The van der Waals surface area contributed by atoms with E-state index in [9.17, 15) is 8.42 Å². The van der Waals surface area contributed by atoms with Crippen molar-refractivity contribution in [1.82, 2.24) is 15.0 Å². The van der Waals surface area contributed by atoms with Crippen LogP contribution >= 0.6 is 0 Å². The number of hydrogen-bond acceptors (Lipinski definition) is 7. The highest BCUT2D eigenvalue weighted by atomic mass is 32.2. The van der Waals surface area contributed by atoms with Gasteiger partial charge in [0.25, 0.3) is 0 Å². The number of nitrogens with zero attached hydrogens (tertiary/aromatic N) is 4. The molecule has 7 nitrogen and oxygen atoms in total. The summed E-state index contributed by atoms with van der Waals surface area (Å²) < 4.78 is 29.5. The van der Waals surface area contributed by atoms with Gasteiger partial charge in [0.15, 0.2) is 14.9 Å². The van der Waals surface area contributed by atoms with Crippen LogP contribution in [0.4, 0.5) is 5.95 Å². The van der Waals surface area contributed by atoms with E-state index in [2.05, 4.69) is 26.8 Å². The molecule has 0 N–H and O–H groups in total. The van der Waals surface area contributed by atoms with E-state index in [-0.39, 0.29) is 5.03 Å². The largest absolute Gasteiger partial charge is 0.493 e. The zero-order valence-corrected chi connectivity index (χ0v) is 19.9. The van der Waals surface area contributed by atoms with Crippen molar-refractivity contribution in [1.29, 1.82) is 0 Å². The van der Waals surface area contributed by atoms with Crippen LogP contribution in [-0.4, -0.2) is 49.3 Å². The van der Waals surface area contributed by atoms with Gasteiger partial charge in [0.1, 0.15) is 5.75 Å². The first-order chi connectivity index (χ1) is 15.8. The number of aromatic nitrogens is 3. The van der Waals surface area contributed by atoms with Crippen molar-refractivity contribution in [2.24, 2.45) is 17.8 Å². The normalized spacial score (nSPS) is 21.7. The second kappa shape index (κ2) is 8.41. The summed E-state index contributed by atoms with van der Waals surface area (Å²) in [5.74, 6) is 3.58. The van der Waals surface area contributed by atoms with Gasteiger partial charge in [0, 0.05) is 48.9 Å². The summed E-state index contributed by atoms with van der Waals surface area (Å²) in [5.41, 5.74) is 3.76. The fourth-order valence-electron chi connectivity index (χ4n) is 4.73. The number of pyridine rings is 1. The third kappa shape index (κ3) is 4.44. The molecule has 1 saturated carbocycles. The zero-order chi connectivity index (χ0) is 23.2. The van der Waals surface area contributed by atoms with Gasteiger partial charge in [-0.05, 0) is 60.6 Å². The quantitative estimate of drug-likeness (QED) is 0.528. The Morgan fingerprint density at radius 3 is 2.27 bits per heavy atom. The Morgan fingerprint density at radius 1 is 1.03 bits per heavy atom. The molecule has 1 saturated heterocycles. The average Bonchev–Trinajstić information content (AvgIpc) is 3.26. The fraction of sp³-hybridized carbons (Fsp3) is 0.400. The Kier molecular flexibility index (Phi) is 5.56. The minimum atomic E-state index is -3.31. The molecule has 0 spiro atoms. The van der Waals surface area contributed by atoms with E-state index in [1.54, 1.807) is 6.07 Å². The molecule has 3 aromatic rings. The number of ether oxygens (including phenoxy) is 1. The maximum absolute atomic E-state index is 11.7. The van der Waals surface area contributed by atoms with Crippen molar-refractivity contribution in [2.75, 3.05) is 30.9 Å². The van der Waals surface area contributed by atoms with Gasteiger partial charge in [0.2, 0.25) is 5.95 Å². The molecule has 33 heavy (non-hydrogen) atoms. The van der Waals surface area contributed by atoms with Crippen molar-refractivity contribution < 1.29 is 13.2 Å². The summed E-state index contributed by atoms with van der Waals surface area (Å²) in [6, 6.07) is 11.3. The molecule has 0 radical (unpaired) electrons. The summed E-state index contributed by atoms with van der Waals surface area (Å²) in [6.45, 7) is 6.66. The molecule has 172 valence electrons. The molecule has 0 bridgehead atoms. The lowest BCUT2D eigenvalue weighted by molar-refractivity contribution is 0.283. The van der Waals surface area contributed by atoms with E-state index in [1.807, 2.05) is 49.6 Å². The number of benzene rings is 1. The lowest BCUT2D eigenvalue weighted by Gasteiger charge is -2.19. The van der Waals surface area contributed by atoms with Crippen LogP contribution in [0, 0.1) is 24.7 Å². The summed E-state index contributed by atoms with van der Waals surface area (Å²) in [4.78, 5) is 15.6. The summed E-state index contributed by atoms with van der Waals surface area (Å²) >= 11 is 0. The number of sulfone groups is 1. The van der Waals surface area contributed by atoms with Crippen molar-refractivity contribution >= 4 is 15.8 Å².